The molecule has 0 radical (unpaired) electrons. The number of nitrogens with zero attached hydrogens (tertiary/aromatic N) is 2. The van der Waals surface area contributed by atoms with E-state index < -0.39 is 6.10 Å². The van der Waals surface area contributed by atoms with Crippen LogP contribution in [0.1, 0.15) is 17.2 Å². The zero-order valence-corrected chi connectivity index (χ0v) is 15.5. The Morgan fingerprint density at radius 1 is 0.852 bits per heavy atom. The molecule has 0 aliphatic carbocycles. The highest BCUT2D eigenvalue weighted by molar-refractivity contribution is 6.42. The first-order valence-electron chi connectivity index (χ1n) is 8.22. The average molecular weight is 397 g/mol. The monoisotopic (exact) mass is 396 g/mol. The molecular weight excluding hydrogens is 383 g/mol. The van der Waals surface area contributed by atoms with Crippen molar-refractivity contribution < 1.29 is 9.63 Å². The molecule has 1 atom stereocenters. The summed E-state index contributed by atoms with van der Waals surface area (Å²) < 4.78 is 5.45. The molecule has 2 aromatic heterocycles. The molecule has 0 saturated heterocycles. The third-order valence-electron chi connectivity index (χ3n) is 4.27. The summed E-state index contributed by atoms with van der Waals surface area (Å²) in [4.78, 5) is 4.05. The predicted molar refractivity (Wildman–Crippen MR) is 106 cm³/mol. The molecule has 4 rings (SSSR count). The number of pyridine rings is 1. The zero-order chi connectivity index (χ0) is 18.8. The van der Waals surface area contributed by atoms with E-state index in [2.05, 4.69) is 10.1 Å². The van der Waals surface area contributed by atoms with Gasteiger partial charge in [0.1, 0.15) is 6.10 Å². The largest absolute Gasteiger partial charge is 0.383 e. The number of halogens is 2. The summed E-state index contributed by atoms with van der Waals surface area (Å²) in [6, 6.07) is 16.8. The van der Waals surface area contributed by atoms with E-state index in [-0.39, 0.29) is 0 Å². The van der Waals surface area contributed by atoms with E-state index in [0.717, 1.165) is 16.7 Å². The van der Waals surface area contributed by atoms with E-state index in [1.807, 2.05) is 36.4 Å². The molecule has 0 aliphatic rings. The molecule has 0 spiro atoms. The molecule has 1 unspecified atom stereocenters. The fraction of sp³-hybridized carbons (Fsp3) is 0.0476. The summed E-state index contributed by atoms with van der Waals surface area (Å²) in [6.07, 6.45) is 3.92. The highest BCUT2D eigenvalue weighted by atomic mass is 35.5. The van der Waals surface area contributed by atoms with Gasteiger partial charge in [0, 0.05) is 23.5 Å². The lowest BCUT2D eigenvalue weighted by Crippen LogP contribution is -2.00. The number of hydrogen-bond donors (Lipinski definition) is 1. The van der Waals surface area contributed by atoms with Gasteiger partial charge in [-0.25, -0.2) is 0 Å². The maximum absolute atomic E-state index is 10.7. The molecule has 4 aromatic rings. The van der Waals surface area contributed by atoms with Gasteiger partial charge in [0.2, 0.25) is 0 Å². The smallest absolute Gasteiger partial charge is 0.173 e. The molecule has 1 N–H and O–H groups in total. The summed E-state index contributed by atoms with van der Waals surface area (Å²) in [5.74, 6) is 0.508. The van der Waals surface area contributed by atoms with Crippen molar-refractivity contribution in [3.8, 4) is 22.5 Å². The Hall–Kier alpha value is -2.66. The molecule has 2 aromatic carbocycles. The Labute approximate surface area is 166 Å². The van der Waals surface area contributed by atoms with Crippen LogP contribution >= 0.6 is 23.2 Å². The summed E-state index contributed by atoms with van der Waals surface area (Å²) in [7, 11) is 0. The van der Waals surface area contributed by atoms with Gasteiger partial charge in [-0.3, -0.25) is 4.98 Å². The lowest BCUT2D eigenvalue weighted by molar-refractivity contribution is 0.219. The summed E-state index contributed by atoms with van der Waals surface area (Å²) in [5.41, 5.74) is 3.93. The van der Waals surface area contributed by atoms with E-state index in [1.165, 1.54) is 6.20 Å². The lowest BCUT2D eigenvalue weighted by atomic mass is 9.97. The number of aliphatic hydroxyl groups excluding tert-OH is 1. The van der Waals surface area contributed by atoms with Crippen LogP contribution in [-0.4, -0.2) is 15.2 Å². The number of aromatic nitrogens is 2. The van der Waals surface area contributed by atoms with Gasteiger partial charge in [0.05, 0.1) is 21.8 Å². The van der Waals surface area contributed by atoms with Gasteiger partial charge in [0.25, 0.3) is 0 Å². The van der Waals surface area contributed by atoms with Crippen molar-refractivity contribution in [2.24, 2.45) is 0 Å². The number of benzene rings is 2. The summed E-state index contributed by atoms with van der Waals surface area (Å²) >= 11 is 12.1. The summed E-state index contributed by atoms with van der Waals surface area (Å²) in [5, 5.41) is 15.6. The molecule has 134 valence electrons. The van der Waals surface area contributed by atoms with Crippen molar-refractivity contribution in [2.45, 2.75) is 6.10 Å². The van der Waals surface area contributed by atoms with Crippen LogP contribution in [0.5, 0.6) is 0 Å². The maximum Gasteiger partial charge on any atom is 0.173 e. The molecule has 6 heteroatoms. The van der Waals surface area contributed by atoms with Gasteiger partial charge in [-0.05, 0) is 35.4 Å². The highest BCUT2D eigenvalue weighted by Crippen LogP contribution is 2.34. The van der Waals surface area contributed by atoms with Crippen LogP contribution < -0.4 is 0 Å². The quantitative estimate of drug-likeness (QED) is 0.473. The van der Waals surface area contributed by atoms with E-state index in [9.17, 15) is 5.11 Å². The van der Waals surface area contributed by atoms with Crippen LogP contribution in [0.3, 0.4) is 0 Å². The Kier molecular flexibility index (Phi) is 4.94. The Balaban J connectivity index is 1.73. The number of hydrogen-bond acceptors (Lipinski definition) is 4. The second-order valence-electron chi connectivity index (χ2n) is 6.01. The third-order valence-corrected chi connectivity index (χ3v) is 5.01. The molecule has 27 heavy (non-hydrogen) atoms. The van der Waals surface area contributed by atoms with Crippen LogP contribution in [0.2, 0.25) is 10.0 Å². The molecule has 0 saturated carbocycles. The fourth-order valence-electron chi connectivity index (χ4n) is 2.89. The van der Waals surface area contributed by atoms with E-state index in [4.69, 9.17) is 27.7 Å². The second-order valence-corrected chi connectivity index (χ2v) is 6.82. The zero-order valence-electron chi connectivity index (χ0n) is 14.0. The first kappa shape index (κ1) is 17.7. The first-order valence-corrected chi connectivity index (χ1v) is 8.97. The predicted octanol–water partition coefficient (Wildman–Crippen LogP) is 5.79. The Bertz CT molecular complexity index is 1080. The van der Waals surface area contributed by atoms with E-state index in [1.54, 1.807) is 30.6 Å². The van der Waals surface area contributed by atoms with Crippen molar-refractivity contribution in [3.63, 3.8) is 0 Å². The van der Waals surface area contributed by atoms with Gasteiger partial charge >= 0.3 is 0 Å². The topological polar surface area (TPSA) is 59.2 Å². The number of aliphatic hydroxyl groups is 1. The van der Waals surface area contributed by atoms with Gasteiger partial charge < -0.3 is 9.63 Å². The molecule has 0 bridgehead atoms. The Morgan fingerprint density at radius 2 is 1.67 bits per heavy atom. The van der Waals surface area contributed by atoms with Crippen LogP contribution in [0.25, 0.3) is 22.5 Å². The van der Waals surface area contributed by atoms with Gasteiger partial charge in [-0.15, -0.1) is 0 Å². The molecule has 2 heterocycles. The fourth-order valence-corrected chi connectivity index (χ4v) is 3.19. The standard InChI is InChI=1S/C21H14Cl2N2O2/c22-18-7-6-14(10-19(18)23)13-3-1-4-15(9-13)21-17(12-25-27-21)20(26)16-5-2-8-24-11-16/h1-12,20,26H. The van der Waals surface area contributed by atoms with Crippen LogP contribution in [-0.2, 0) is 0 Å². The van der Waals surface area contributed by atoms with Crippen molar-refractivity contribution in [1.82, 2.24) is 10.1 Å². The van der Waals surface area contributed by atoms with Crippen molar-refractivity contribution in [1.29, 1.82) is 0 Å². The maximum atomic E-state index is 10.7. The minimum Gasteiger partial charge on any atom is -0.383 e. The minimum atomic E-state index is -0.881. The average Bonchev–Trinajstić information content (AvgIpc) is 3.20. The minimum absolute atomic E-state index is 0.493. The Morgan fingerprint density at radius 3 is 2.44 bits per heavy atom. The number of rotatable bonds is 4. The highest BCUT2D eigenvalue weighted by Gasteiger charge is 2.20. The molecule has 4 nitrogen and oxygen atoms in total. The van der Waals surface area contributed by atoms with Crippen molar-refractivity contribution in [3.05, 3.63) is 94.4 Å². The SMILES string of the molecule is OC(c1cccnc1)c1cnoc1-c1cccc(-c2ccc(Cl)c(Cl)c2)c1. The van der Waals surface area contributed by atoms with Crippen molar-refractivity contribution >= 4 is 23.2 Å². The lowest BCUT2D eigenvalue weighted by Gasteiger charge is -2.11. The molecule has 0 amide bonds. The van der Waals surface area contributed by atoms with Gasteiger partial charge in [0.15, 0.2) is 5.76 Å². The van der Waals surface area contributed by atoms with Crippen LogP contribution in [0.15, 0.2) is 77.7 Å². The van der Waals surface area contributed by atoms with Crippen LogP contribution in [0.4, 0.5) is 0 Å². The van der Waals surface area contributed by atoms with Crippen LogP contribution in [0, 0.1) is 0 Å². The first-order chi connectivity index (χ1) is 13.1. The molecule has 0 fully saturated rings. The summed E-state index contributed by atoms with van der Waals surface area (Å²) in [6.45, 7) is 0. The van der Waals surface area contributed by atoms with E-state index in [0.29, 0.717) is 26.9 Å². The molecule has 0 aliphatic heterocycles. The molecular formula is C21H14Cl2N2O2. The van der Waals surface area contributed by atoms with Gasteiger partial charge in [-0.2, -0.15) is 0 Å². The van der Waals surface area contributed by atoms with Gasteiger partial charge in [-0.1, -0.05) is 58.7 Å². The van der Waals surface area contributed by atoms with E-state index >= 15 is 0 Å². The third kappa shape index (κ3) is 3.60. The second kappa shape index (κ2) is 7.53. The normalized spacial score (nSPS) is 12.1. The van der Waals surface area contributed by atoms with Crippen molar-refractivity contribution in [2.75, 3.05) is 0 Å².